The molecule has 1 aliphatic rings. The third-order valence-corrected chi connectivity index (χ3v) is 4.11. The molecule has 1 aromatic carbocycles. The van der Waals surface area contributed by atoms with Gasteiger partial charge in [-0.3, -0.25) is 4.79 Å². The fourth-order valence-corrected chi connectivity index (χ4v) is 2.78. The molecule has 0 spiro atoms. The Bertz CT molecular complexity index is 478. The number of nitrogens with one attached hydrogen (secondary N) is 1. The summed E-state index contributed by atoms with van der Waals surface area (Å²) in [6.07, 6.45) is 1.75. The van der Waals surface area contributed by atoms with Crippen molar-refractivity contribution in [3.63, 3.8) is 0 Å². The Labute approximate surface area is 126 Å². The Kier molecular flexibility index (Phi) is 5.73. The summed E-state index contributed by atoms with van der Waals surface area (Å²) in [5.41, 5.74) is 7.44. The molecule has 0 bridgehead atoms. The largest absolute Gasteiger partial charge is 0.377 e. The molecule has 0 radical (unpaired) electrons. The zero-order chi connectivity index (χ0) is 15.2. The Morgan fingerprint density at radius 3 is 2.90 bits per heavy atom. The van der Waals surface area contributed by atoms with E-state index in [4.69, 9.17) is 10.5 Å². The van der Waals surface area contributed by atoms with Gasteiger partial charge in [0.15, 0.2) is 0 Å². The van der Waals surface area contributed by atoms with Crippen molar-refractivity contribution in [3.8, 4) is 0 Å². The van der Waals surface area contributed by atoms with E-state index in [1.807, 2.05) is 24.3 Å². The lowest BCUT2D eigenvalue weighted by Crippen LogP contribution is -2.38. The highest BCUT2D eigenvalue weighted by molar-refractivity contribution is 5.91. The van der Waals surface area contributed by atoms with E-state index in [1.54, 1.807) is 0 Å². The van der Waals surface area contributed by atoms with Gasteiger partial charge in [-0.25, -0.2) is 0 Å². The maximum atomic E-state index is 12.1. The summed E-state index contributed by atoms with van der Waals surface area (Å²) >= 11 is 0. The van der Waals surface area contributed by atoms with E-state index in [0.29, 0.717) is 19.0 Å². The van der Waals surface area contributed by atoms with Crippen LogP contribution in [-0.4, -0.2) is 43.2 Å². The van der Waals surface area contributed by atoms with E-state index in [9.17, 15) is 4.79 Å². The maximum absolute atomic E-state index is 12.1. The second-order valence-corrected chi connectivity index (χ2v) is 5.57. The minimum absolute atomic E-state index is 0.0225. The minimum Gasteiger partial charge on any atom is -0.377 e. The number of nitrogens with two attached hydrogens (primary N) is 1. The van der Waals surface area contributed by atoms with E-state index in [1.165, 1.54) is 0 Å². The monoisotopic (exact) mass is 291 g/mol. The van der Waals surface area contributed by atoms with Gasteiger partial charge in [0.1, 0.15) is 0 Å². The summed E-state index contributed by atoms with van der Waals surface area (Å²) in [5, 5.41) is 2.94. The van der Waals surface area contributed by atoms with Crippen LogP contribution in [0.5, 0.6) is 0 Å². The third kappa shape index (κ3) is 4.27. The SMILES string of the molecule is CC1OCCC1N(C)CCC(=O)Nc1ccccc1CN. The molecule has 1 amide bonds. The normalized spacial score (nSPS) is 21.7. The van der Waals surface area contributed by atoms with Crippen molar-refractivity contribution in [1.82, 2.24) is 4.90 Å². The van der Waals surface area contributed by atoms with E-state index in [0.717, 1.165) is 30.8 Å². The molecule has 116 valence electrons. The molecule has 3 N–H and O–H groups in total. The van der Waals surface area contributed by atoms with Gasteiger partial charge in [-0.15, -0.1) is 0 Å². The van der Waals surface area contributed by atoms with Crippen molar-refractivity contribution >= 4 is 11.6 Å². The summed E-state index contributed by atoms with van der Waals surface area (Å²) < 4.78 is 5.56. The number of hydrogen-bond acceptors (Lipinski definition) is 4. The molecular formula is C16H25N3O2. The summed E-state index contributed by atoms with van der Waals surface area (Å²) in [4.78, 5) is 14.3. The average molecular weight is 291 g/mol. The van der Waals surface area contributed by atoms with Crippen LogP contribution in [0.25, 0.3) is 0 Å². The number of ether oxygens (including phenoxy) is 1. The van der Waals surface area contributed by atoms with Gasteiger partial charge in [-0.2, -0.15) is 0 Å². The van der Waals surface area contributed by atoms with Gasteiger partial charge in [0, 0.05) is 37.8 Å². The highest BCUT2D eigenvalue weighted by Crippen LogP contribution is 2.18. The molecule has 1 aromatic rings. The molecule has 0 aromatic heterocycles. The van der Waals surface area contributed by atoms with Crippen molar-refractivity contribution in [2.45, 2.75) is 38.5 Å². The first-order valence-electron chi connectivity index (χ1n) is 7.51. The number of anilines is 1. The third-order valence-electron chi connectivity index (χ3n) is 4.11. The second-order valence-electron chi connectivity index (χ2n) is 5.57. The first-order valence-corrected chi connectivity index (χ1v) is 7.51. The molecule has 1 saturated heterocycles. The molecular weight excluding hydrogens is 266 g/mol. The number of hydrogen-bond donors (Lipinski definition) is 2. The zero-order valence-corrected chi connectivity index (χ0v) is 12.8. The quantitative estimate of drug-likeness (QED) is 0.835. The lowest BCUT2D eigenvalue weighted by molar-refractivity contribution is -0.116. The van der Waals surface area contributed by atoms with Crippen LogP contribution >= 0.6 is 0 Å². The van der Waals surface area contributed by atoms with E-state index in [-0.39, 0.29) is 12.0 Å². The van der Waals surface area contributed by atoms with Gasteiger partial charge in [-0.05, 0) is 32.0 Å². The standard InChI is InChI=1S/C16H25N3O2/c1-12-15(8-10-21-12)19(2)9-7-16(20)18-14-6-4-3-5-13(14)11-17/h3-6,12,15H,7-11,17H2,1-2H3,(H,18,20). The predicted molar refractivity (Wildman–Crippen MR) is 84.0 cm³/mol. The topological polar surface area (TPSA) is 67.6 Å². The van der Waals surface area contributed by atoms with Crippen molar-refractivity contribution < 1.29 is 9.53 Å². The minimum atomic E-state index is 0.0225. The van der Waals surface area contributed by atoms with Crippen LogP contribution in [0.4, 0.5) is 5.69 Å². The van der Waals surface area contributed by atoms with Crippen LogP contribution in [0.1, 0.15) is 25.3 Å². The maximum Gasteiger partial charge on any atom is 0.225 e. The van der Waals surface area contributed by atoms with Crippen LogP contribution in [0.15, 0.2) is 24.3 Å². The Hall–Kier alpha value is -1.43. The first kappa shape index (κ1) is 15.9. The predicted octanol–water partition coefficient (Wildman–Crippen LogP) is 1.58. The number of amides is 1. The fraction of sp³-hybridized carbons (Fsp3) is 0.562. The van der Waals surface area contributed by atoms with E-state index in [2.05, 4.69) is 24.2 Å². The van der Waals surface area contributed by atoms with Gasteiger partial charge in [0.2, 0.25) is 5.91 Å². The van der Waals surface area contributed by atoms with Crippen LogP contribution in [0.2, 0.25) is 0 Å². The van der Waals surface area contributed by atoms with Crippen LogP contribution < -0.4 is 11.1 Å². The highest BCUT2D eigenvalue weighted by atomic mass is 16.5. The van der Waals surface area contributed by atoms with Gasteiger partial charge >= 0.3 is 0 Å². The zero-order valence-electron chi connectivity index (χ0n) is 12.8. The number of carbonyl (C=O) groups is 1. The highest BCUT2D eigenvalue weighted by Gasteiger charge is 2.27. The van der Waals surface area contributed by atoms with Crippen molar-refractivity contribution in [2.24, 2.45) is 5.73 Å². The van der Waals surface area contributed by atoms with E-state index < -0.39 is 0 Å². The Morgan fingerprint density at radius 1 is 1.48 bits per heavy atom. The molecule has 1 aliphatic heterocycles. The van der Waals surface area contributed by atoms with Crippen LogP contribution in [-0.2, 0) is 16.1 Å². The van der Waals surface area contributed by atoms with Crippen molar-refractivity contribution in [2.75, 3.05) is 25.5 Å². The number of carbonyl (C=O) groups excluding carboxylic acids is 1. The second kappa shape index (κ2) is 7.54. The number of likely N-dealkylation sites (N-methyl/N-ethyl adjacent to an activating group) is 1. The van der Waals surface area contributed by atoms with Gasteiger partial charge < -0.3 is 20.7 Å². The summed E-state index contributed by atoms with van der Waals surface area (Å²) in [7, 11) is 2.05. The lowest BCUT2D eigenvalue weighted by Gasteiger charge is -2.26. The van der Waals surface area contributed by atoms with Gasteiger partial charge in [0.05, 0.1) is 6.10 Å². The van der Waals surface area contributed by atoms with Crippen LogP contribution in [0.3, 0.4) is 0 Å². The Morgan fingerprint density at radius 2 is 2.24 bits per heavy atom. The average Bonchev–Trinajstić information content (AvgIpc) is 2.91. The summed E-state index contributed by atoms with van der Waals surface area (Å²) in [6, 6.07) is 8.05. The molecule has 2 unspecified atom stereocenters. The summed E-state index contributed by atoms with van der Waals surface area (Å²) in [5.74, 6) is 0.0225. The van der Waals surface area contributed by atoms with E-state index >= 15 is 0 Å². The molecule has 5 heteroatoms. The molecule has 5 nitrogen and oxygen atoms in total. The first-order chi connectivity index (χ1) is 10.1. The van der Waals surface area contributed by atoms with Gasteiger partial charge in [0.25, 0.3) is 0 Å². The molecule has 21 heavy (non-hydrogen) atoms. The van der Waals surface area contributed by atoms with Gasteiger partial charge in [-0.1, -0.05) is 18.2 Å². The van der Waals surface area contributed by atoms with Crippen LogP contribution in [0, 0.1) is 0 Å². The smallest absolute Gasteiger partial charge is 0.225 e. The molecule has 1 fully saturated rings. The lowest BCUT2D eigenvalue weighted by atomic mass is 10.1. The summed E-state index contributed by atoms with van der Waals surface area (Å²) in [6.45, 7) is 4.06. The van der Waals surface area contributed by atoms with Crippen molar-refractivity contribution in [3.05, 3.63) is 29.8 Å². The molecule has 0 saturated carbocycles. The number of rotatable bonds is 6. The number of para-hydroxylation sites is 1. The molecule has 2 rings (SSSR count). The number of nitrogens with zero attached hydrogens (tertiary/aromatic N) is 1. The Balaban J connectivity index is 1.82. The molecule has 2 atom stereocenters. The number of benzene rings is 1. The molecule has 0 aliphatic carbocycles. The fourth-order valence-electron chi connectivity index (χ4n) is 2.78. The van der Waals surface area contributed by atoms with Crippen molar-refractivity contribution in [1.29, 1.82) is 0 Å². The molecule has 1 heterocycles.